The van der Waals surface area contributed by atoms with Crippen LogP contribution in [0.4, 0.5) is 0 Å². The molecule has 0 unspecified atom stereocenters. The first-order valence-corrected chi connectivity index (χ1v) is 8.05. The highest BCUT2D eigenvalue weighted by Gasteiger charge is 2.18. The van der Waals surface area contributed by atoms with Crippen molar-refractivity contribution in [2.75, 3.05) is 0 Å². The van der Waals surface area contributed by atoms with Gasteiger partial charge in [0.2, 0.25) is 0 Å². The Morgan fingerprint density at radius 3 is 3.10 bits per heavy atom. The van der Waals surface area contributed by atoms with Crippen molar-refractivity contribution in [1.82, 2.24) is 9.55 Å². The lowest BCUT2D eigenvalue weighted by atomic mass is 10.0. The van der Waals surface area contributed by atoms with Crippen LogP contribution in [0.5, 0.6) is 0 Å². The van der Waals surface area contributed by atoms with Crippen molar-refractivity contribution in [3.63, 3.8) is 0 Å². The molecule has 0 bridgehead atoms. The van der Waals surface area contributed by atoms with Crippen LogP contribution in [-0.4, -0.2) is 20.6 Å². The fraction of sp³-hybridized carbons (Fsp3) is 0.375. The summed E-state index contributed by atoms with van der Waals surface area (Å²) in [5.41, 5.74) is 3.60. The summed E-state index contributed by atoms with van der Waals surface area (Å²) >= 11 is 1.67. The molecule has 0 radical (unpaired) electrons. The van der Waals surface area contributed by atoms with Crippen molar-refractivity contribution in [2.45, 2.75) is 39.2 Å². The largest absolute Gasteiger partial charge is 0.478 e. The number of carboxylic acid groups (broad SMARTS) is 1. The van der Waals surface area contributed by atoms with Gasteiger partial charge in [0.1, 0.15) is 5.82 Å². The minimum absolute atomic E-state index is 0.783. The monoisotopic (exact) mass is 302 g/mol. The Hall–Kier alpha value is -1.88. The van der Waals surface area contributed by atoms with E-state index in [2.05, 4.69) is 11.5 Å². The van der Waals surface area contributed by atoms with Gasteiger partial charge < -0.3 is 9.67 Å². The zero-order valence-corrected chi connectivity index (χ0v) is 12.8. The fourth-order valence-electron chi connectivity index (χ4n) is 2.88. The van der Waals surface area contributed by atoms with Gasteiger partial charge in [-0.1, -0.05) is 0 Å². The predicted octanol–water partition coefficient (Wildman–Crippen LogP) is 3.28. The highest BCUT2D eigenvalue weighted by molar-refractivity contribution is 7.10. The van der Waals surface area contributed by atoms with Crippen molar-refractivity contribution < 1.29 is 9.90 Å². The molecule has 0 amide bonds. The predicted molar refractivity (Wildman–Crippen MR) is 83.7 cm³/mol. The Kier molecular flexibility index (Phi) is 3.92. The second kappa shape index (κ2) is 5.85. The highest BCUT2D eigenvalue weighted by atomic mass is 32.1. The van der Waals surface area contributed by atoms with E-state index in [-0.39, 0.29) is 0 Å². The lowest BCUT2D eigenvalue weighted by Gasteiger charge is -2.14. The highest BCUT2D eigenvalue weighted by Crippen LogP contribution is 2.26. The number of nitrogens with zero attached hydrogens (tertiary/aromatic N) is 2. The van der Waals surface area contributed by atoms with Gasteiger partial charge in [-0.15, -0.1) is 11.3 Å². The van der Waals surface area contributed by atoms with E-state index in [9.17, 15) is 4.79 Å². The molecule has 0 atom stereocenters. The molecule has 2 aromatic rings. The molecule has 3 rings (SSSR count). The van der Waals surface area contributed by atoms with Gasteiger partial charge in [0.15, 0.2) is 0 Å². The van der Waals surface area contributed by atoms with Crippen LogP contribution in [0.1, 0.15) is 40.5 Å². The van der Waals surface area contributed by atoms with Crippen LogP contribution in [0.15, 0.2) is 17.5 Å². The third kappa shape index (κ3) is 2.93. The van der Waals surface area contributed by atoms with E-state index in [4.69, 9.17) is 10.1 Å². The maximum atomic E-state index is 10.7. The number of aromatic nitrogens is 2. The third-order valence-electron chi connectivity index (χ3n) is 3.91. The van der Waals surface area contributed by atoms with Crippen molar-refractivity contribution in [1.29, 1.82) is 0 Å². The number of carbonyl (C=O) groups is 1. The van der Waals surface area contributed by atoms with Gasteiger partial charge in [0, 0.05) is 16.6 Å². The summed E-state index contributed by atoms with van der Waals surface area (Å²) in [4.78, 5) is 16.5. The van der Waals surface area contributed by atoms with E-state index in [1.807, 2.05) is 11.4 Å². The summed E-state index contributed by atoms with van der Waals surface area (Å²) in [5, 5.41) is 10.8. The lowest BCUT2D eigenvalue weighted by molar-refractivity contribution is -0.131. The van der Waals surface area contributed by atoms with Gasteiger partial charge in [-0.05, 0) is 55.7 Å². The summed E-state index contributed by atoms with van der Waals surface area (Å²) in [7, 11) is 0. The number of hydrogen-bond donors (Lipinski definition) is 1. The minimum Gasteiger partial charge on any atom is -0.478 e. The van der Waals surface area contributed by atoms with Crippen LogP contribution in [0, 0.1) is 6.92 Å². The lowest BCUT2D eigenvalue weighted by Crippen LogP contribution is -2.10. The van der Waals surface area contributed by atoms with Crippen molar-refractivity contribution >= 4 is 23.4 Å². The summed E-state index contributed by atoms with van der Waals surface area (Å²) in [5.74, 6) is 0.145. The zero-order chi connectivity index (χ0) is 14.8. The molecule has 2 aromatic heterocycles. The molecule has 2 heterocycles. The molecule has 0 aromatic carbocycles. The van der Waals surface area contributed by atoms with Crippen molar-refractivity contribution in [2.24, 2.45) is 0 Å². The summed E-state index contributed by atoms with van der Waals surface area (Å²) < 4.78 is 2.29. The first-order chi connectivity index (χ1) is 10.1. The molecule has 0 saturated carbocycles. The standard InChI is InChI=1S/C16H18N2O2S/c1-11-17-13-4-2-3-5-14(13)18(11)10-15-12(8-9-21-15)6-7-16(19)20/h6-9H,2-5,10H2,1H3,(H,19,20)/b7-6+. The summed E-state index contributed by atoms with van der Waals surface area (Å²) in [6.07, 6.45) is 7.51. The van der Waals surface area contributed by atoms with E-state index in [0.717, 1.165) is 30.8 Å². The minimum atomic E-state index is -0.914. The first-order valence-electron chi connectivity index (χ1n) is 7.17. The third-order valence-corrected chi connectivity index (χ3v) is 4.83. The van der Waals surface area contributed by atoms with E-state index in [1.54, 1.807) is 17.4 Å². The van der Waals surface area contributed by atoms with E-state index in [1.165, 1.54) is 35.2 Å². The van der Waals surface area contributed by atoms with Crippen LogP contribution in [0.2, 0.25) is 0 Å². The van der Waals surface area contributed by atoms with Crippen molar-refractivity contribution in [3.8, 4) is 0 Å². The maximum Gasteiger partial charge on any atom is 0.328 e. The molecule has 1 aliphatic rings. The molecule has 21 heavy (non-hydrogen) atoms. The number of thiophene rings is 1. The SMILES string of the molecule is Cc1nc2c(n1Cc1sccc1/C=C/C(=O)O)CCCC2. The summed E-state index contributed by atoms with van der Waals surface area (Å²) in [6.45, 7) is 2.84. The van der Waals surface area contributed by atoms with Gasteiger partial charge >= 0.3 is 5.97 Å². The van der Waals surface area contributed by atoms with Gasteiger partial charge in [-0.3, -0.25) is 0 Å². The van der Waals surface area contributed by atoms with E-state index in [0.29, 0.717) is 0 Å². The Bertz CT molecular complexity index is 697. The molecule has 4 nitrogen and oxygen atoms in total. The number of hydrogen-bond acceptors (Lipinski definition) is 3. The van der Waals surface area contributed by atoms with Gasteiger partial charge in [0.25, 0.3) is 0 Å². The second-order valence-electron chi connectivity index (χ2n) is 5.32. The van der Waals surface area contributed by atoms with Gasteiger partial charge in [0.05, 0.1) is 12.2 Å². The smallest absolute Gasteiger partial charge is 0.328 e. The van der Waals surface area contributed by atoms with Crippen LogP contribution in [0.3, 0.4) is 0 Å². The number of fused-ring (bicyclic) bond motifs is 1. The topological polar surface area (TPSA) is 55.1 Å². The van der Waals surface area contributed by atoms with Gasteiger partial charge in [-0.2, -0.15) is 0 Å². The Morgan fingerprint density at radius 2 is 2.29 bits per heavy atom. The zero-order valence-electron chi connectivity index (χ0n) is 12.0. The Morgan fingerprint density at radius 1 is 1.48 bits per heavy atom. The van der Waals surface area contributed by atoms with E-state index >= 15 is 0 Å². The second-order valence-corrected chi connectivity index (χ2v) is 6.32. The van der Waals surface area contributed by atoms with E-state index < -0.39 is 5.97 Å². The van der Waals surface area contributed by atoms with Crippen molar-refractivity contribution in [3.05, 3.63) is 45.2 Å². The van der Waals surface area contributed by atoms with Crippen LogP contribution in [0.25, 0.3) is 6.08 Å². The molecule has 110 valence electrons. The number of aliphatic carboxylic acids is 1. The normalized spacial score (nSPS) is 14.5. The number of imidazole rings is 1. The maximum absolute atomic E-state index is 10.7. The first kappa shape index (κ1) is 14.1. The quantitative estimate of drug-likeness (QED) is 0.882. The fourth-order valence-corrected chi connectivity index (χ4v) is 3.73. The number of carboxylic acids is 1. The van der Waals surface area contributed by atoms with Crippen LogP contribution < -0.4 is 0 Å². The molecular formula is C16H18N2O2S. The number of aryl methyl sites for hydroxylation is 2. The van der Waals surface area contributed by atoms with Crippen LogP contribution in [-0.2, 0) is 24.2 Å². The molecule has 1 aliphatic carbocycles. The summed E-state index contributed by atoms with van der Waals surface area (Å²) in [6, 6.07) is 1.97. The Labute approximate surface area is 127 Å². The Balaban J connectivity index is 1.89. The molecule has 0 fully saturated rings. The molecule has 0 spiro atoms. The molecular weight excluding hydrogens is 284 g/mol. The van der Waals surface area contributed by atoms with Gasteiger partial charge in [-0.25, -0.2) is 9.78 Å². The average molecular weight is 302 g/mol. The van der Waals surface area contributed by atoms with Crippen LogP contribution >= 0.6 is 11.3 Å². The molecule has 1 N–H and O–H groups in total. The molecule has 0 saturated heterocycles. The average Bonchev–Trinajstić information content (AvgIpc) is 3.02. The molecule has 5 heteroatoms. The number of rotatable bonds is 4. The molecule has 0 aliphatic heterocycles.